The Hall–Kier alpha value is -3.78. The molecule has 7 nitrogen and oxygen atoms in total. The topological polar surface area (TPSA) is 81.6 Å². The smallest absolute Gasteiger partial charge is 0.260 e. The summed E-state index contributed by atoms with van der Waals surface area (Å²) in [7, 11) is 0. The molecule has 1 aliphatic rings. The van der Waals surface area contributed by atoms with Gasteiger partial charge < -0.3 is 9.47 Å². The number of ketones is 1. The van der Waals surface area contributed by atoms with Gasteiger partial charge in [-0.3, -0.25) is 19.5 Å². The average molecular weight is 431 g/mol. The molecule has 2 aromatic carbocycles. The minimum absolute atomic E-state index is 0.0464. The lowest BCUT2D eigenvalue weighted by Crippen LogP contribution is -2.30. The maximum atomic E-state index is 13.4. The van der Waals surface area contributed by atoms with E-state index in [-0.39, 0.29) is 18.5 Å². The van der Waals surface area contributed by atoms with Gasteiger partial charge in [0.25, 0.3) is 5.91 Å². The Kier molecular flexibility index (Phi) is 4.83. The molecule has 0 aliphatic carbocycles. The summed E-state index contributed by atoms with van der Waals surface area (Å²) in [6, 6.07) is 14.1. The zero-order valence-electron chi connectivity index (χ0n) is 16.6. The number of anilines is 1. The molecule has 0 saturated heterocycles. The molecule has 0 unspecified atom stereocenters. The van der Waals surface area contributed by atoms with E-state index in [2.05, 4.69) is 4.98 Å². The molecule has 0 bridgehead atoms. The van der Waals surface area contributed by atoms with Gasteiger partial charge in [0.05, 0.1) is 16.8 Å². The van der Waals surface area contributed by atoms with Gasteiger partial charge in [-0.25, -0.2) is 4.98 Å². The summed E-state index contributed by atoms with van der Waals surface area (Å²) >= 11 is 1.41. The van der Waals surface area contributed by atoms with E-state index in [9.17, 15) is 9.59 Å². The molecule has 0 N–H and O–H groups in total. The number of carbonyl (C=O) groups is 2. The number of aromatic nitrogens is 2. The van der Waals surface area contributed by atoms with E-state index >= 15 is 0 Å². The zero-order chi connectivity index (χ0) is 21.4. The Morgan fingerprint density at radius 2 is 1.81 bits per heavy atom. The van der Waals surface area contributed by atoms with Gasteiger partial charge in [-0.1, -0.05) is 29.5 Å². The molecular formula is C23H17N3O4S. The van der Waals surface area contributed by atoms with Crippen LogP contribution in [0.2, 0.25) is 0 Å². The molecule has 0 radical (unpaired) electrons. The fourth-order valence-electron chi connectivity index (χ4n) is 3.33. The summed E-state index contributed by atoms with van der Waals surface area (Å²) < 4.78 is 11.8. The van der Waals surface area contributed by atoms with Crippen LogP contribution in [-0.2, 0) is 6.54 Å². The number of hydrogen-bond acceptors (Lipinski definition) is 7. The normalized spacial score (nSPS) is 12.2. The van der Waals surface area contributed by atoms with Crippen LogP contribution < -0.4 is 14.4 Å². The van der Waals surface area contributed by atoms with Crippen molar-refractivity contribution < 1.29 is 19.1 Å². The summed E-state index contributed by atoms with van der Waals surface area (Å²) in [5.74, 6) is 1.06. The zero-order valence-corrected chi connectivity index (χ0v) is 17.4. The van der Waals surface area contributed by atoms with Crippen molar-refractivity contribution in [3.63, 3.8) is 0 Å². The number of rotatable bonds is 5. The Morgan fingerprint density at radius 1 is 1.06 bits per heavy atom. The molecule has 1 amide bonds. The van der Waals surface area contributed by atoms with E-state index in [0.717, 1.165) is 15.8 Å². The summed E-state index contributed by atoms with van der Waals surface area (Å²) in [5, 5.41) is 0.558. The highest BCUT2D eigenvalue weighted by atomic mass is 32.1. The Bertz CT molecular complexity index is 1240. The van der Waals surface area contributed by atoms with Crippen molar-refractivity contribution in [2.45, 2.75) is 13.5 Å². The second-order valence-corrected chi connectivity index (χ2v) is 8.06. The number of fused-ring (bicyclic) bond motifs is 2. The van der Waals surface area contributed by atoms with Gasteiger partial charge in [-0.15, -0.1) is 0 Å². The van der Waals surface area contributed by atoms with Crippen LogP contribution in [0.5, 0.6) is 11.5 Å². The third-order valence-electron chi connectivity index (χ3n) is 4.95. The minimum Gasteiger partial charge on any atom is -0.454 e. The average Bonchev–Trinajstić information content (AvgIpc) is 3.41. The molecule has 0 saturated carbocycles. The molecule has 4 aromatic rings. The van der Waals surface area contributed by atoms with Crippen LogP contribution in [0.25, 0.3) is 10.2 Å². The monoisotopic (exact) mass is 431 g/mol. The third kappa shape index (κ3) is 3.73. The summed E-state index contributed by atoms with van der Waals surface area (Å²) in [6.45, 7) is 2.01. The summed E-state index contributed by atoms with van der Waals surface area (Å²) in [4.78, 5) is 35.5. The third-order valence-corrected chi connectivity index (χ3v) is 5.99. The predicted molar refractivity (Wildman–Crippen MR) is 117 cm³/mol. The molecule has 8 heteroatoms. The quantitative estimate of drug-likeness (QED) is 0.434. The molecule has 3 heterocycles. The number of ether oxygens (including phenoxy) is 2. The second kappa shape index (κ2) is 7.81. The number of hydrogen-bond donors (Lipinski definition) is 0. The van der Waals surface area contributed by atoms with Crippen molar-refractivity contribution in [1.82, 2.24) is 9.97 Å². The molecule has 1 aliphatic heterocycles. The van der Waals surface area contributed by atoms with Crippen LogP contribution >= 0.6 is 11.3 Å². The van der Waals surface area contributed by atoms with E-state index in [0.29, 0.717) is 34.3 Å². The number of nitrogens with zero attached hydrogens (tertiary/aromatic N) is 3. The van der Waals surface area contributed by atoms with Gasteiger partial charge >= 0.3 is 0 Å². The van der Waals surface area contributed by atoms with Crippen LogP contribution in [0.15, 0.2) is 60.9 Å². The second-order valence-electron chi connectivity index (χ2n) is 7.06. The number of benzene rings is 2. The van der Waals surface area contributed by atoms with E-state index in [1.807, 2.05) is 24.3 Å². The largest absolute Gasteiger partial charge is 0.454 e. The first-order valence-corrected chi connectivity index (χ1v) is 10.4. The van der Waals surface area contributed by atoms with Crippen molar-refractivity contribution in [3.05, 3.63) is 77.6 Å². The minimum atomic E-state index is -0.210. The van der Waals surface area contributed by atoms with Gasteiger partial charge in [0.2, 0.25) is 6.79 Å². The lowest BCUT2D eigenvalue weighted by Gasteiger charge is -2.20. The number of amides is 1. The highest BCUT2D eigenvalue weighted by Gasteiger charge is 2.24. The van der Waals surface area contributed by atoms with E-state index in [1.54, 1.807) is 41.6 Å². The highest BCUT2D eigenvalue weighted by molar-refractivity contribution is 7.22. The summed E-state index contributed by atoms with van der Waals surface area (Å²) in [6.07, 6.45) is 3.41. The SMILES string of the molecule is CC(=O)c1ccc(C(=O)N(Cc2cccnc2)c2nc3cc4c(cc3s2)OCO4)cc1. The van der Waals surface area contributed by atoms with Crippen molar-refractivity contribution in [1.29, 1.82) is 0 Å². The van der Waals surface area contributed by atoms with Crippen LogP contribution in [0.3, 0.4) is 0 Å². The predicted octanol–water partition coefficient (Wildman–Crippen LogP) is 4.47. The highest BCUT2D eigenvalue weighted by Crippen LogP contribution is 2.40. The number of thiazole rings is 1. The molecular weight excluding hydrogens is 414 g/mol. The lowest BCUT2D eigenvalue weighted by atomic mass is 10.1. The van der Waals surface area contributed by atoms with E-state index in [4.69, 9.17) is 14.5 Å². The van der Waals surface area contributed by atoms with Crippen LogP contribution in [0.1, 0.15) is 33.2 Å². The first-order chi connectivity index (χ1) is 15.1. The molecule has 154 valence electrons. The maximum Gasteiger partial charge on any atom is 0.260 e. The Labute approximate surface area is 181 Å². The number of Topliss-reactive ketones (excluding diaryl/α,β-unsaturated/α-hetero) is 1. The molecule has 5 rings (SSSR count). The molecule has 0 fully saturated rings. The first kappa shape index (κ1) is 19.2. The van der Waals surface area contributed by atoms with Crippen LogP contribution in [0, 0.1) is 0 Å². The van der Waals surface area contributed by atoms with E-state index in [1.165, 1.54) is 18.3 Å². The van der Waals surface area contributed by atoms with Gasteiger partial charge in [0, 0.05) is 35.7 Å². The molecule has 0 atom stereocenters. The van der Waals surface area contributed by atoms with Crippen LogP contribution in [-0.4, -0.2) is 28.5 Å². The van der Waals surface area contributed by atoms with Crippen molar-refractivity contribution in [3.8, 4) is 11.5 Å². The molecule has 0 spiro atoms. The van der Waals surface area contributed by atoms with E-state index < -0.39 is 0 Å². The van der Waals surface area contributed by atoms with Crippen molar-refractivity contribution in [2.75, 3.05) is 11.7 Å². The van der Waals surface area contributed by atoms with Gasteiger partial charge in [0.1, 0.15) is 0 Å². The van der Waals surface area contributed by atoms with Gasteiger partial charge in [-0.2, -0.15) is 0 Å². The fourth-order valence-corrected chi connectivity index (χ4v) is 4.30. The fraction of sp³-hybridized carbons (Fsp3) is 0.130. The molecule has 31 heavy (non-hydrogen) atoms. The molecule has 2 aromatic heterocycles. The summed E-state index contributed by atoms with van der Waals surface area (Å²) in [5.41, 5.74) is 2.65. The van der Waals surface area contributed by atoms with Crippen molar-refractivity contribution in [2.24, 2.45) is 0 Å². The van der Waals surface area contributed by atoms with Crippen molar-refractivity contribution >= 4 is 38.4 Å². The Morgan fingerprint density at radius 3 is 2.52 bits per heavy atom. The maximum absolute atomic E-state index is 13.4. The number of carbonyl (C=O) groups excluding carboxylic acids is 2. The van der Waals surface area contributed by atoms with Gasteiger partial charge in [0.15, 0.2) is 22.4 Å². The Balaban J connectivity index is 1.54. The van der Waals surface area contributed by atoms with Gasteiger partial charge in [-0.05, 0) is 30.7 Å². The number of pyridine rings is 1. The first-order valence-electron chi connectivity index (χ1n) is 9.60. The van der Waals surface area contributed by atoms with Crippen LogP contribution in [0.4, 0.5) is 5.13 Å². The standard InChI is InChI=1S/C23H17N3O4S/c1-14(27)16-4-6-17(7-5-16)22(28)26(12-15-3-2-8-24-11-15)23-25-18-9-19-20(30-13-29-19)10-21(18)31-23/h2-11H,12-13H2,1H3. The lowest BCUT2D eigenvalue weighted by molar-refractivity contribution is 0.0981.